The molecule has 4 heteroatoms. The van der Waals surface area contributed by atoms with Gasteiger partial charge in [-0.1, -0.05) is 12.1 Å². The largest absolute Gasteiger partial charge is 0.479 e. The molecule has 1 rings (SSSR count). The van der Waals surface area contributed by atoms with Gasteiger partial charge in [0.1, 0.15) is 5.75 Å². The number of rotatable bonds is 3. The molecule has 0 radical (unpaired) electrons. The molecule has 0 saturated carbocycles. The maximum atomic E-state index is 11.2. The molecule has 4 nitrogen and oxygen atoms in total. The van der Waals surface area contributed by atoms with E-state index >= 15 is 0 Å². The Balaban J connectivity index is 2.69. The van der Waals surface area contributed by atoms with Crippen LogP contribution in [-0.2, 0) is 4.79 Å². The summed E-state index contributed by atoms with van der Waals surface area (Å²) in [5, 5.41) is 2.50. The number of ether oxygens (including phenoxy) is 1. The molecule has 1 unspecified atom stereocenters. The minimum absolute atomic E-state index is 0.173. The Hall–Kier alpha value is -1.71. The van der Waals surface area contributed by atoms with E-state index in [-0.39, 0.29) is 5.91 Å². The zero-order valence-corrected chi connectivity index (χ0v) is 8.28. The van der Waals surface area contributed by atoms with Gasteiger partial charge in [-0.25, -0.2) is 0 Å². The van der Waals surface area contributed by atoms with Gasteiger partial charge in [0.15, 0.2) is 6.10 Å². The molecule has 0 bridgehead atoms. The van der Waals surface area contributed by atoms with Crippen LogP contribution in [0.3, 0.4) is 0 Å². The summed E-state index contributed by atoms with van der Waals surface area (Å²) in [6, 6.07) is 7.08. The van der Waals surface area contributed by atoms with Crippen molar-refractivity contribution in [2.75, 3.05) is 12.8 Å². The molecule has 0 heterocycles. The summed E-state index contributed by atoms with van der Waals surface area (Å²) in [6.07, 6.45) is -0.537. The first-order chi connectivity index (χ1) is 6.65. The lowest BCUT2D eigenvalue weighted by Crippen LogP contribution is -2.33. The summed E-state index contributed by atoms with van der Waals surface area (Å²) in [5.74, 6) is 0.358. The van der Waals surface area contributed by atoms with Crippen molar-refractivity contribution in [2.24, 2.45) is 0 Å². The van der Waals surface area contributed by atoms with Crippen LogP contribution in [0.15, 0.2) is 24.3 Å². The first-order valence-corrected chi connectivity index (χ1v) is 4.38. The lowest BCUT2D eigenvalue weighted by Gasteiger charge is -2.14. The van der Waals surface area contributed by atoms with Gasteiger partial charge in [0, 0.05) is 7.05 Å². The molecule has 1 aromatic rings. The zero-order chi connectivity index (χ0) is 10.6. The molecule has 0 aliphatic heterocycles. The molecule has 0 fully saturated rings. The fraction of sp³-hybridized carbons (Fsp3) is 0.300. The summed E-state index contributed by atoms with van der Waals surface area (Å²) in [4.78, 5) is 11.2. The molecule has 0 saturated heterocycles. The van der Waals surface area contributed by atoms with Crippen LogP contribution < -0.4 is 15.8 Å². The highest BCUT2D eigenvalue weighted by Gasteiger charge is 2.13. The number of carbonyl (C=O) groups excluding carboxylic acids is 1. The molecule has 1 aromatic carbocycles. The van der Waals surface area contributed by atoms with Gasteiger partial charge >= 0.3 is 0 Å². The standard InChI is InChI=1S/C10H14N2O2/c1-7(10(13)12-2)14-9-6-4-3-5-8(9)11/h3-7H,11H2,1-2H3,(H,12,13). The first kappa shape index (κ1) is 10.4. The van der Waals surface area contributed by atoms with E-state index in [0.717, 1.165) is 0 Å². The lowest BCUT2D eigenvalue weighted by molar-refractivity contribution is -0.126. The van der Waals surface area contributed by atoms with Crippen molar-refractivity contribution >= 4 is 11.6 Å². The normalized spacial score (nSPS) is 11.9. The maximum absolute atomic E-state index is 11.2. The summed E-state index contributed by atoms with van der Waals surface area (Å²) in [6.45, 7) is 1.67. The van der Waals surface area contributed by atoms with Gasteiger partial charge in [-0.15, -0.1) is 0 Å². The molecule has 0 aromatic heterocycles. The number of nitrogen functional groups attached to an aromatic ring is 1. The number of hydrogen-bond acceptors (Lipinski definition) is 3. The number of para-hydroxylation sites is 2. The Labute approximate surface area is 83.1 Å². The Morgan fingerprint density at radius 1 is 1.50 bits per heavy atom. The number of amides is 1. The third-order valence-electron chi connectivity index (χ3n) is 1.84. The number of carbonyl (C=O) groups is 1. The fourth-order valence-corrected chi connectivity index (χ4v) is 1.04. The second-order valence-electron chi connectivity index (χ2n) is 2.91. The number of hydrogen-bond donors (Lipinski definition) is 2. The van der Waals surface area contributed by atoms with Crippen molar-refractivity contribution in [1.29, 1.82) is 0 Å². The van der Waals surface area contributed by atoms with Crippen LogP contribution in [0.4, 0.5) is 5.69 Å². The molecule has 1 amide bonds. The van der Waals surface area contributed by atoms with Crippen molar-refractivity contribution in [2.45, 2.75) is 13.0 Å². The predicted molar refractivity (Wildman–Crippen MR) is 55.0 cm³/mol. The van der Waals surface area contributed by atoms with E-state index < -0.39 is 6.10 Å². The summed E-state index contributed by atoms with van der Waals surface area (Å²) in [7, 11) is 1.57. The zero-order valence-electron chi connectivity index (χ0n) is 8.28. The Morgan fingerprint density at radius 3 is 2.71 bits per heavy atom. The second kappa shape index (κ2) is 4.50. The van der Waals surface area contributed by atoms with Crippen LogP contribution in [0.2, 0.25) is 0 Å². The van der Waals surface area contributed by atoms with Crippen LogP contribution in [0, 0.1) is 0 Å². The molecule has 0 aliphatic carbocycles. The topological polar surface area (TPSA) is 64.3 Å². The highest BCUT2D eigenvalue weighted by Crippen LogP contribution is 2.20. The van der Waals surface area contributed by atoms with Crippen LogP contribution in [-0.4, -0.2) is 19.1 Å². The second-order valence-corrected chi connectivity index (χ2v) is 2.91. The monoisotopic (exact) mass is 194 g/mol. The van der Waals surface area contributed by atoms with E-state index in [0.29, 0.717) is 11.4 Å². The van der Waals surface area contributed by atoms with E-state index in [4.69, 9.17) is 10.5 Å². The van der Waals surface area contributed by atoms with E-state index in [1.165, 1.54) is 0 Å². The Kier molecular flexibility index (Phi) is 3.34. The summed E-state index contributed by atoms with van der Waals surface area (Å²) < 4.78 is 5.36. The molecular formula is C10H14N2O2. The number of nitrogens with two attached hydrogens (primary N) is 1. The SMILES string of the molecule is CNC(=O)C(C)Oc1ccccc1N. The minimum atomic E-state index is -0.537. The molecule has 0 aliphatic rings. The van der Waals surface area contributed by atoms with Gasteiger partial charge in [0.2, 0.25) is 0 Å². The van der Waals surface area contributed by atoms with Crippen molar-refractivity contribution < 1.29 is 9.53 Å². The molecular weight excluding hydrogens is 180 g/mol. The van der Waals surface area contributed by atoms with Crippen molar-refractivity contribution in [3.8, 4) is 5.75 Å². The first-order valence-electron chi connectivity index (χ1n) is 4.38. The third kappa shape index (κ3) is 2.39. The molecule has 14 heavy (non-hydrogen) atoms. The maximum Gasteiger partial charge on any atom is 0.260 e. The van der Waals surface area contributed by atoms with Gasteiger partial charge in [-0.3, -0.25) is 4.79 Å². The third-order valence-corrected chi connectivity index (χ3v) is 1.84. The molecule has 3 N–H and O–H groups in total. The number of likely N-dealkylation sites (N-methyl/N-ethyl adjacent to an activating group) is 1. The Morgan fingerprint density at radius 2 is 2.14 bits per heavy atom. The van der Waals surface area contributed by atoms with E-state index in [1.54, 1.807) is 26.1 Å². The number of nitrogens with one attached hydrogen (secondary N) is 1. The smallest absolute Gasteiger partial charge is 0.260 e. The quantitative estimate of drug-likeness (QED) is 0.699. The van der Waals surface area contributed by atoms with Crippen molar-refractivity contribution in [3.63, 3.8) is 0 Å². The van der Waals surface area contributed by atoms with E-state index in [2.05, 4.69) is 5.32 Å². The minimum Gasteiger partial charge on any atom is -0.479 e. The highest BCUT2D eigenvalue weighted by molar-refractivity contribution is 5.80. The van der Waals surface area contributed by atoms with Crippen LogP contribution >= 0.6 is 0 Å². The molecule has 1 atom stereocenters. The molecule has 0 spiro atoms. The predicted octanol–water partition coefficient (Wildman–Crippen LogP) is 0.782. The number of anilines is 1. The Bertz CT molecular complexity index is 326. The lowest BCUT2D eigenvalue weighted by atomic mass is 10.3. The van der Waals surface area contributed by atoms with Crippen LogP contribution in [0.25, 0.3) is 0 Å². The molecule has 76 valence electrons. The van der Waals surface area contributed by atoms with Crippen LogP contribution in [0.5, 0.6) is 5.75 Å². The fourth-order valence-electron chi connectivity index (χ4n) is 1.04. The average molecular weight is 194 g/mol. The van der Waals surface area contributed by atoms with Crippen molar-refractivity contribution in [1.82, 2.24) is 5.32 Å². The number of benzene rings is 1. The van der Waals surface area contributed by atoms with E-state index in [1.807, 2.05) is 12.1 Å². The van der Waals surface area contributed by atoms with Gasteiger partial charge in [0.25, 0.3) is 5.91 Å². The van der Waals surface area contributed by atoms with Gasteiger partial charge in [-0.2, -0.15) is 0 Å². The van der Waals surface area contributed by atoms with Gasteiger partial charge < -0.3 is 15.8 Å². The summed E-state index contributed by atoms with van der Waals surface area (Å²) >= 11 is 0. The summed E-state index contributed by atoms with van der Waals surface area (Å²) in [5.41, 5.74) is 6.18. The van der Waals surface area contributed by atoms with E-state index in [9.17, 15) is 4.79 Å². The van der Waals surface area contributed by atoms with Gasteiger partial charge in [0.05, 0.1) is 5.69 Å². The highest BCUT2D eigenvalue weighted by atomic mass is 16.5. The van der Waals surface area contributed by atoms with Crippen LogP contribution in [0.1, 0.15) is 6.92 Å². The van der Waals surface area contributed by atoms with Gasteiger partial charge in [-0.05, 0) is 19.1 Å². The average Bonchev–Trinajstić information content (AvgIpc) is 2.20. The van der Waals surface area contributed by atoms with Crippen molar-refractivity contribution in [3.05, 3.63) is 24.3 Å².